The summed E-state index contributed by atoms with van der Waals surface area (Å²) in [7, 11) is 0. The number of hydrogen-bond acceptors (Lipinski definition) is 4. The smallest absolute Gasteiger partial charge is 0.315 e. The summed E-state index contributed by atoms with van der Waals surface area (Å²) < 4.78 is 0. The fraction of sp³-hybridized carbons (Fsp3) is 0.733. The minimum absolute atomic E-state index is 0.143. The Morgan fingerprint density at radius 3 is 2.95 bits per heavy atom. The molecule has 1 aliphatic carbocycles. The van der Waals surface area contributed by atoms with Crippen molar-refractivity contribution in [1.29, 1.82) is 0 Å². The molecule has 0 bridgehead atoms. The molecule has 1 fully saturated rings. The van der Waals surface area contributed by atoms with Crippen LogP contribution in [0.2, 0.25) is 0 Å². The van der Waals surface area contributed by atoms with Gasteiger partial charge in [-0.15, -0.1) is 11.3 Å². The van der Waals surface area contributed by atoms with Gasteiger partial charge in [0.15, 0.2) is 0 Å². The molecule has 0 spiro atoms. The fourth-order valence-electron chi connectivity index (χ4n) is 2.57. The molecule has 0 saturated heterocycles. The molecule has 118 valence electrons. The summed E-state index contributed by atoms with van der Waals surface area (Å²) in [5, 5.41) is 16.3. The summed E-state index contributed by atoms with van der Waals surface area (Å²) in [4.78, 5) is 17.2. The summed E-state index contributed by atoms with van der Waals surface area (Å²) in [6.07, 6.45) is 5.30. The predicted octanol–water partition coefficient (Wildman–Crippen LogP) is 2.30. The van der Waals surface area contributed by atoms with Gasteiger partial charge in [-0.1, -0.05) is 13.8 Å². The van der Waals surface area contributed by atoms with Crippen LogP contribution < -0.4 is 10.6 Å². The Morgan fingerprint density at radius 1 is 1.48 bits per heavy atom. The second kappa shape index (κ2) is 7.75. The topological polar surface area (TPSA) is 74.2 Å². The SMILES string of the molecule is CC(C)Cc1ncc(CNC(=O)NCC2CCC(O)C2)s1. The third kappa shape index (κ3) is 5.63. The Labute approximate surface area is 130 Å². The third-order valence-corrected chi connectivity index (χ3v) is 4.69. The van der Waals surface area contributed by atoms with Gasteiger partial charge in [-0.05, 0) is 31.1 Å². The van der Waals surface area contributed by atoms with Crippen LogP contribution in [0.3, 0.4) is 0 Å². The van der Waals surface area contributed by atoms with Crippen molar-refractivity contribution >= 4 is 17.4 Å². The van der Waals surface area contributed by atoms with Crippen molar-refractivity contribution in [3.8, 4) is 0 Å². The summed E-state index contributed by atoms with van der Waals surface area (Å²) in [5.41, 5.74) is 0. The molecule has 21 heavy (non-hydrogen) atoms. The van der Waals surface area contributed by atoms with Crippen LogP contribution in [0.1, 0.15) is 43.0 Å². The van der Waals surface area contributed by atoms with E-state index in [1.165, 1.54) is 0 Å². The van der Waals surface area contributed by atoms with Gasteiger partial charge in [-0.2, -0.15) is 0 Å². The molecule has 0 aliphatic heterocycles. The Balaban J connectivity index is 1.65. The van der Waals surface area contributed by atoms with Crippen LogP contribution in [0.25, 0.3) is 0 Å². The fourth-order valence-corrected chi connectivity index (χ4v) is 3.65. The predicted molar refractivity (Wildman–Crippen MR) is 84.2 cm³/mol. The molecule has 0 radical (unpaired) electrons. The average Bonchev–Trinajstić information content (AvgIpc) is 3.02. The van der Waals surface area contributed by atoms with Gasteiger partial charge < -0.3 is 15.7 Å². The van der Waals surface area contributed by atoms with E-state index in [1.807, 2.05) is 6.20 Å². The molecule has 0 aromatic carbocycles. The molecule has 1 aliphatic rings. The van der Waals surface area contributed by atoms with Gasteiger partial charge in [0.25, 0.3) is 0 Å². The van der Waals surface area contributed by atoms with Crippen molar-refractivity contribution in [2.45, 2.75) is 52.2 Å². The second-order valence-electron chi connectivity index (χ2n) is 6.21. The van der Waals surface area contributed by atoms with Crippen LogP contribution in [-0.2, 0) is 13.0 Å². The van der Waals surface area contributed by atoms with Crippen LogP contribution in [0, 0.1) is 11.8 Å². The number of nitrogens with one attached hydrogen (secondary N) is 2. The Morgan fingerprint density at radius 2 is 2.29 bits per heavy atom. The van der Waals surface area contributed by atoms with Crippen molar-refractivity contribution in [2.24, 2.45) is 11.8 Å². The lowest BCUT2D eigenvalue weighted by Crippen LogP contribution is -2.37. The van der Waals surface area contributed by atoms with Gasteiger partial charge in [0, 0.05) is 24.0 Å². The molecule has 6 heteroatoms. The number of urea groups is 1. The van der Waals surface area contributed by atoms with Crippen LogP contribution in [0.15, 0.2) is 6.20 Å². The highest BCUT2D eigenvalue weighted by molar-refractivity contribution is 7.11. The van der Waals surface area contributed by atoms with Crippen molar-refractivity contribution in [2.75, 3.05) is 6.54 Å². The number of carbonyl (C=O) groups is 1. The molecular weight excluding hydrogens is 286 g/mol. The van der Waals surface area contributed by atoms with Crippen LogP contribution >= 0.6 is 11.3 Å². The van der Waals surface area contributed by atoms with E-state index in [0.717, 1.165) is 35.6 Å². The van der Waals surface area contributed by atoms with Crippen LogP contribution in [-0.4, -0.2) is 28.8 Å². The van der Waals surface area contributed by atoms with Crippen molar-refractivity contribution in [1.82, 2.24) is 15.6 Å². The van der Waals surface area contributed by atoms with Crippen LogP contribution in [0.4, 0.5) is 4.79 Å². The normalized spacial score (nSPS) is 21.7. The van der Waals surface area contributed by atoms with E-state index in [4.69, 9.17) is 0 Å². The zero-order valence-electron chi connectivity index (χ0n) is 12.8. The molecule has 5 nitrogen and oxygen atoms in total. The number of aliphatic hydroxyl groups is 1. The second-order valence-corrected chi connectivity index (χ2v) is 7.41. The number of nitrogens with zero attached hydrogens (tertiary/aromatic N) is 1. The van der Waals surface area contributed by atoms with Gasteiger partial charge in [0.05, 0.1) is 17.7 Å². The zero-order valence-corrected chi connectivity index (χ0v) is 13.6. The van der Waals surface area contributed by atoms with Crippen molar-refractivity contribution in [3.05, 3.63) is 16.1 Å². The summed E-state index contributed by atoms with van der Waals surface area (Å²) >= 11 is 1.66. The first-order chi connectivity index (χ1) is 10.0. The largest absolute Gasteiger partial charge is 0.393 e. The van der Waals surface area contributed by atoms with Gasteiger partial charge in [-0.25, -0.2) is 9.78 Å². The highest BCUT2D eigenvalue weighted by Crippen LogP contribution is 2.24. The monoisotopic (exact) mass is 311 g/mol. The summed E-state index contributed by atoms with van der Waals surface area (Å²) in [6.45, 7) is 5.51. The molecule has 2 unspecified atom stereocenters. The number of aromatic nitrogens is 1. The maximum absolute atomic E-state index is 11.7. The first kappa shape index (κ1) is 16.2. The lowest BCUT2D eigenvalue weighted by molar-refractivity contribution is 0.177. The quantitative estimate of drug-likeness (QED) is 0.754. The molecule has 2 amide bonds. The highest BCUT2D eigenvalue weighted by atomic mass is 32.1. The van der Waals surface area contributed by atoms with Gasteiger partial charge >= 0.3 is 6.03 Å². The number of thiazole rings is 1. The molecule has 3 N–H and O–H groups in total. The van der Waals surface area contributed by atoms with E-state index in [0.29, 0.717) is 24.9 Å². The van der Waals surface area contributed by atoms with E-state index < -0.39 is 0 Å². The summed E-state index contributed by atoms with van der Waals surface area (Å²) in [5.74, 6) is 1.01. The molecule has 1 aromatic heterocycles. The summed E-state index contributed by atoms with van der Waals surface area (Å²) in [6, 6.07) is -0.143. The number of carbonyl (C=O) groups excluding carboxylic acids is 1. The lowest BCUT2D eigenvalue weighted by atomic mass is 10.1. The van der Waals surface area contributed by atoms with E-state index in [1.54, 1.807) is 11.3 Å². The maximum Gasteiger partial charge on any atom is 0.315 e. The lowest BCUT2D eigenvalue weighted by Gasteiger charge is -2.11. The minimum atomic E-state index is -0.184. The molecule has 2 rings (SSSR count). The Kier molecular flexibility index (Phi) is 5.99. The van der Waals surface area contributed by atoms with E-state index in [-0.39, 0.29) is 12.1 Å². The number of hydrogen-bond donors (Lipinski definition) is 3. The van der Waals surface area contributed by atoms with Gasteiger partial charge in [-0.3, -0.25) is 0 Å². The molecular formula is C15H25N3O2S. The van der Waals surface area contributed by atoms with E-state index in [9.17, 15) is 9.90 Å². The molecule has 1 saturated carbocycles. The standard InChI is InChI=1S/C15H25N3O2S/c1-10(2)5-14-16-8-13(21-14)9-18-15(20)17-7-11-3-4-12(19)6-11/h8,10-12,19H,3-7,9H2,1-2H3,(H2,17,18,20). The molecule has 2 atom stereocenters. The average molecular weight is 311 g/mol. The molecule has 1 heterocycles. The van der Waals surface area contributed by atoms with Crippen molar-refractivity contribution in [3.63, 3.8) is 0 Å². The Hall–Kier alpha value is -1.14. The third-order valence-electron chi connectivity index (χ3n) is 3.67. The van der Waals surface area contributed by atoms with Gasteiger partial charge in [0.1, 0.15) is 0 Å². The number of rotatable bonds is 6. The van der Waals surface area contributed by atoms with Crippen LogP contribution in [0.5, 0.6) is 0 Å². The number of aliphatic hydroxyl groups excluding tert-OH is 1. The van der Waals surface area contributed by atoms with Crippen molar-refractivity contribution < 1.29 is 9.90 Å². The minimum Gasteiger partial charge on any atom is -0.393 e. The zero-order chi connectivity index (χ0) is 15.2. The van der Waals surface area contributed by atoms with E-state index in [2.05, 4.69) is 29.5 Å². The maximum atomic E-state index is 11.7. The van der Waals surface area contributed by atoms with E-state index >= 15 is 0 Å². The first-order valence-corrected chi connectivity index (χ1v) is 8.48. The number of amides is 2. The molecule has 1 aromatic rings. The Bertz CT molecular complexity index is 462. The van der Waals surface area contributed by atoms with Gasteiger partial charge in [0.2, 0.25) is 0 Å². The first-order valence-electron chi connectivity index (χ1n) is 7.66. The highest BCUT2D eigenvalue weighted by Gasteiger charge is 2.22.